The van der Waals surface area contributed by atoms with Crippen LogP contribution in [-0.4, -0.2) is 5.91 Å². The molecule has 0 atom stereocenters. The molecule has 98 valence electrons. The number of carbonyl (C=O) groups is 1. The van der Waals surface area contributed by atoms with Gasteiger partial charge in [-0.25, -0.2) is 0 Å². The Morgan fingerprint density at radius 1 is 1.05 bits per heavy atom. The zero-order chi connectivity index (χ0) is 13.7. The molecule has 0 radical (unpaired) electrons. The summed E-state index contributed by atoms with van der Waals surface area (Å²) in [5, 5.41) is 2.97. The van der Waals surface area contributed by atoms with Crippen molar-refractivity contribution in [1.29, 1.82) is 0 Å². The summed E-state index contributed by atoms with van der Waals surface area (Å²) in [5.41, 5.74) is 3.17. The van der Waals surface area contributed by atoms with E-state index in [0.29, 0.717) is 12.1 Å². The lowest BCUT2D eigenvalue weighted by Gasteiger charge is -2.09. The minimum absolute atomic E-state index is 0.0256. The maximum atomic E-state index is 12.0. The predicted molar refractivity (Wildman–Crippen MR) is 86.1 cm³/mol. The van der Waals surface area contributed by atoms with Gasteiger partial charge in [0.1, 0.15) is 0 Å². The lowest BCUT2D eigenvalue weighted by molar-refractivity contribution is 0.0951. The smallest absolute Gasteiger partial charge is 0.251 e. The van der Waals surface area contributed by atoms with Crippen LogP contribution >= 0.6 is 22.6 Å². The first-order valence-corrected chi connectivity index (χ1v) is 7.39. The van der Waals surface area contributed by atoms with Crippen LogP contribution in [0.4, 0.5) is 0 Å². The largest absolute Gasteiger partial charge is 0.348 e. The first-order valence-electron chi connectivity index (χ1n) is 6.31. The van der Waals surface area contributed by atoms with Crippen LogP contribution in [-0.2, 0) is 13.0 Å². The van der Waals surface area contributed by atoms with Crippen molar-refractivity contribution in [3.8, 4) is 0 Å². The molecule has 0 aromatic heterocycles. The first-order chi connectivity index (χ1) is 9.20. The second-order valence-corrected chi connectivity index (χ2v) is 5.56. The van der Waals surface area contributed by atoms with Crippen LogP contribution in [0.3, 0.4) is 0 Å². The molecule has 0 saturated carbocycles. The second kappa shape index (κ2) is 6.70. The molecule has 3 heteroatoms. The SMILES string of the molecule is CCc1ccccc1CNC(=O)c1ccc(I)cc1. The van der Waals surface area contributed by atoms with E-state index in [4.69, 9.17) is 0 Å². The fourth-order valence-electron chi connectivity index (χ4n) is 1.95. The van der Waals surface area contributed by atoms with Crippen LogP contribution in [0.15, 0.2) is 48.5 Å². The average Bonchev–Trinajstić information content (AvgIpc) is 2.45. The number of hydrogen-bond donors (Lipinski definition) is 1. The molecule has 1 N–H and O–H groups in total. The molecule has 0 fully saturated rings. The quantitative estimate of drug-likeness (QED) is 0.821. The van der Waals surface area contributed by atoms with E-state index >= 15 is 0 Å². The highest BCUT2D eigenvalue weighted by atomic mass is 127. The molecule has 0 saturated heterocycles. The fourth-order valence-corrected chi connectivity index (χ4v) is 2.31. The fraction of sp³-hybridized carbons (Fsp3) is 0.188. The van der Waals surface area contributed by atoms with Gasteiger partial charge in [-0.1, -0.05) is 31.2 Å². The third-order valence-corrected chi connectivity index (χ3v) is 3.76. The Hall–Kier alpha value is -1.36. The summed E-state index contributed by atoms with van der Waals surface area (Å²) in [6, 6.07) is 15.8. The summed E-state index contributed by atoms with van der Waals surface area (Å²) in [4.78, 5) is 12.0. The van der Waals surface area contributed by atoms with Crippen LogP contribution < -0.4 is 5.32 Å². The lowest BCUT2D eigenvalue weighted by atomic mass is 10.1. The monoisotopic (exact) mass is 365 g/mol. The van der Waals surface area contributed by atoms with E-state index in [-0.39, 0.29) is 5.91 Å². The molecule has 0 spiro atoms. The zero-order valence-electron chi connectivity index (χ0n) is 10.8. The number of rotatable bonds is 4. The second-order valence-electron chi connectivity index (χ2n) is 4.31. The summed E-state index contributed by atoms with van der Waals surface area (Å²) in [6.45, 7) is 2.70. The van der Waals surface area contributed by atoms with Crippen molar-refractivity contribution in [3.63, 3.8) is 0 Å². The van der Waals surface area contributed by atoms with Crippen LogP contribution in [0.2, 0.25) is 0 Å². The van der Waals surface area contributed by atoms with E-state index in [2.05, 4.69) is 47.0 Å². The summed E-state index contributed by atoms with van der Waals surface area (Å²) in [5.74, 6) is -0.0256. The number of halogens is 1. The van der Waals surface area contributed by atoms with Gasteiger partial charge in [-0.15, -0.1) is 0 Å². The predicted octanol–water partition coefficient (Wildman–Crippen LogP) is 3.78. The van der Waals surface area contributed by atoms with Crippen LogP contribution in [0.5, 0.6) is 0 Å². The van der Waals surface area contributed by atoms with E-state index in [9.17, 15) is 4.79 Å². The van der Waals surface area contributed by atoms with Gasteiger partial charge in [-0.2, -0.15) is 0 Å². The van der Waals surface area contributed by atoms with Gasteiger partial charge in [0.15, 0.2) is 0 Å². The summed E-state index contributed by atoms with van der Waals surface area (Å²) < 4.78 is 1.13. The number of nitrogens with one attached hydrogen (secondary N) is 1. The molecule has 19 heavy (non-hydrogen) atoms. The molecule has 0 aliphatic carbocycles. The van der Waals surface area contributed by atoms with E-state index in [1.807, 2.05) is 36.4 Å². The van der Waals surface area contributed by atoms with Crippen molar-refractivity contribution in [3.05, 3.63) is 68.8 Å². The Morgan fingerprint density at radius 3 is 2.32 bits per heavy atom. The van der Waals surface area contributed by atoms with E-state index in [1.54, 1.807) is 0 Å². The summed E-state index contributed by atoms with van der Waals surface area (Å²) in [7, 11) is 0. The molecule has 0 bridgehead atoms. The number of amides is 1. The molecule has 2 aromatic carbocycles. The maximum Gasteiger partial charge on any atom is 0.251 e. The van der Waals surface area contributed by atoms with Crippen molar-refractivity contribution in [2.75, 3.05) is 0 Å². The van der Waals surface area contributed by atoms with Gasteiger partial charge in [0.2, 0.25) is 0 Å². The van der Waals surface area contributed by atoms with E-state index in [1.165, 1.54) is 11.1 Å². The molecular formula is C16H16INO. The van der Waals surface area contributed by atoms with Gasteiger partial charge in [-0.05, 0) is 64.4 Å². The van der Waals surface area contributed by atoms with Crippen molar-refractivity contribution in [2.24, 2.45) is 0 Å². The standard InChI is InChI=1S/C16H16INO/c1-2-12-5-3-4-6-14(12)11-18-16(19)13-7-9-15(17)10-8-13/h3-10H,2,11H2,1H3,(H,18,19). The molecule has 2 rings (SSSR count). The highest BCUT2D eigenvalue weighted by Crippen LogP contribution is 2.10. The number of benzene rings is 2. The minimum atomic E-state index is -0.0256. The summed E-state index contributed by atoms with van der Waals surface area (Å²) >= 11 is 2.23. The molecular weight excluding hydrogens is 349 g/mol. The molecule has 2 aromatic rings. The van der Waals surface area contributed by atoms with E-state index in [0.717, 1.165) is 9.99 Å². The maximum absolute atomic E-state index is 12.0. The van der Waals surface area contributed by atoms with Crippen molar-refractivity contribution >= 4 is 28.5 Å². The molecule has 0 aliphatic heterocycles. The zero-order valence-corrected chi connectivity index (χ0v) is 13.0. The van der Waals surface area contributed by atoms with Gasteiger partial charge >= 0.3 is 0 Å². The Bertz CT molecular complexity index is 563. The Balaban J connectivity index is 2.02. The Morgan fingerprint density at radius 2 is 1.68 bits per heavy atom. The van der Waals surface area contributed by atoms with Crippen LogP contribution in [0.25, 0.3) is 0 Å². The number of carbonyl (C=O) groups excluding carboxylic acids is 1. The third kappa shape index (κ3) is 3.80. The Kier molecular flexibility index (Phi) is 4.96. The lowest BCUT2D eigenvalue weighted by Crippen LogP contribution is -2.23. The van der Waals surface area contributed by atoms with Crippen molar-refractivity contribution in [1.82, 2.24) is 5.32 Å². The highest BCUT2D eigenvalue weighted by molar-refractivity contribution is 14.1. The van der Waals surface area contributed by atoms with Crippen LogP contribution in [0.1, 0.15) is 28.4 Å². The first kappa shape index (κ1) is 14.1. The highest BCUT2D eigenvalue weighted by Gasteiger charge is 2.06. The van der Waals surface area contributed by atoms with Crippen molar-refractivity contribution in [2.45, 2.75) is 19.9 Å². The molecule has 0 aliphatic rings. The molecule has 2 nitrogen and oxygen atoms in total. The minimum Gasteiger partial charge on any atom is -0.348 e. The summed E-state index contributed by atoms with van der Waals surface area (Å²) in [6.07, 6.45) is 0.982. The number of aryl methyl sites for hydroxylation is 1. The Labute approximate surface area is 127 Å². The van der Waals surface area contributed by atoms with Crippen LogP contribution in [0, 0.1) is 3.57 Å². The van der Waals surface area contributed by atoms with Gasteiger partial charge in [0.05, 0.1) is 0 Å². The third-order valence-electron chi connectivity index (χ3n) is 3.05. The van der Waals surface area contributed by atoms with E-state index < -0.39 is 0 Å². The topological polar surface area (TPSA) is 29.1 Å². The van der Waals surface area contributed by atoms with Gasteiger partial charge in [0, 0.05) is 15.7 Å². The average molecular weight is 365 g/mol. The molecule has 1 amide bonds. The van der Waals surface area contributed by atoms with Crippen molar-refractivity contribution < 1.29 is 4.79 Å². The molecule has 0 unspecified atom stereocenters. The number of hydrogen-bond acceptors (Lipinski definition) is 1. The van der Waals surface area contributed by atoms with Gasteiger partial charge in [0.25, 0.3) is 5.91 Å². The normalized spacial score (nSPS) is 10.2. The molecule has 0 heterocycles. The van der Waals surface area contributed by atoms with Gasteiger partial charge < -0.3 is 5.32 Å². The van der Waals surface area contributed by atoms with Gasteiger partial charge in [-0.3, -0.25) is 4.79 Å².